The number of rotatable bonds is 0. The second kappa shape index (κ2) is 3.48. The van der Waals surface area contributed by atoms with Crippen LogP contribution < -0.4 is 0 Å². The Morgan fingerprint density at radius 1 is 0.800 bits per heavy atom. The van der Waals surface area contributed by atoms with Gasteiger partial charge in [0, 0.05) is 0 Å². The van der Waals surface area contributed by atoms with Gasteiger partial charge in [-0.3, -0.25) is 0 Å². The SMILES string of the molecule is [I][Ge]([I])([I])[I]. The molecule has 0 aromatic heterocycles. The zero-order chi connectivity index (χ0) is 4.50. The van der Waals surface area contributed by atoms with Crippen LogP contribution in [0.4, 0.5) is 0 Å². The summed E-state index contributed by atoms with van der Waals surface area (Å²) in [6.07, 6.45) is 0. The molecule has 0 aliphatic carbocycles. The van der Waals surface area contributed by atoms with Gasteiger partial charge in [0.25, 0.3) is 0 Å². The summed E-state index contributed by atoms with van der Waals surface area (Å²) in [6, 6.07) is 0. The Morgan fingerprint density at radius 2 is 0.800 bits per heavy atom. The van der Waals surface area contributed by atoms with Crippen LogP contribution >= 0.6 is 80.9 Å². The molecule has 0 nitrogen and oxygen atoms in total. The fourth-order valence-corrected chi connectivity index (χ4v) is 0. The Bertz CT molecular complexity index is 19.1. The maximum absolute atomic E-state index is 2.53. The molecule has 0 aromatic carbocycles. The van der Waals surface area contributed by atoms with E-state index < -0.39 is 0.0304 Å². The molecule has 5 heteroatoms. The molecule has 0 heterocycles. The van der Waals surface area contributed by atoms with Gasteiger partial charge in [-0.2, -0.15) is 0 Å². The zero-order valence-electron chi connectivity index (χ0n) is 2.01. The average molecular weight is 580 g/mol. The molecule has 0 atom stereocenters. The summed E-state index contributed by atoms with van der Waals surface area (Å²) in [5, 5.41) is 0. The summed E-state index contributed by atoms with van der Waals surface area (Å²) in [7, 11) is 0. The van der Waals surface area contributed by atoms with Crippen LogP contribution in [0.2, 0.25) is 0 Å². The van der Waals surface area contributed by atoms with Crippen molar-refractivity contribution in [3.63, 3.8) is 0 Å². The van der Waals surface area contributed by atoms with Crippen molar-refractivity contribution < 1.29 is 0 Å². The Morgan fingerprint density at radius 3 is 0.800 bits per heavy atom. The van der Waals surface area contributed by atoms with Crippen LogP contribution in [0.1, 0.15) is 0 Å². The van der Waals surface area contributed by atoms with E-state index in [2.05, 4.69) is 80.9 Å². The fourth-order valence-electron chi connectivity index (χ4n) is 0. The van der Waals surface area contributed by atoms with Gasteiger partial charge in [0.05, 0.1) is 0 Å². The molecule has 0 fully saturated rings. The topological polar surface area (TPSA) is 0 Å². The molecular weight excluding hydrogens is 580 g/mol. The molecule has 0 aromatic rings. The van der Waals surface area contributed by atoms with Crippen LogP contribution in [-0.4, -0.2) is 0.0304 Å². The molecule has 0 spiro atoms. The Hall–Kier alpha value is 3.46. The van der Waals surface area contributed by atoms with Crippen LogP contribution in [0, 0.1) is 0 Å². The predicted molar refractivity (Wildman–Crippen MR) is 61.8 cm³/mol. The molecule has 5 heavy (non-hydrogen) atoms. The zero-order valence-corrected chi connectivity index (χ0v) is 12.7. The van der Waals surface area contributed by atoms with Crippen LogP contribution in [0.5, 0.6) is 0 Å². The van der Waals surface area contributed by atoms with Crippen LogP contribution in [-0.2, 0) is 0 Å². The first kappa shape index (κ1) is 8.46. The monoisotopic (exact) mass is 582 g/mol. The van der Waals surface area contributed by atoms with Gasteiger partial charge in [-0.1, -0.05) is 0 Å². The first-order valence-electron chi connectivity index (χ1n) is 0.756. The van der Waals surface area contributed by atoms with Crippen molar-refractivity contribution in [1.29, 1.82) is 0 Å². The van der Waals surface area contributed by atoms with Crippen LogP contribution in [0.25, 0.3) is 0 Å². The van der Waals surface area contributed by atoms with E-state index in [1.165, 1.54) is 0 Å². The molecule has 0 saturated heterocycles. The Labute approximate surface area is 78.4 Å². The second-order valence-corrected chi connectivity index (χ2v) is 100. The molecule has 0 N–H and O–H groups in total. The van der Waals surface area contributed by atoms with Gasteiger partial charge in [-0.25, -0.2) is 0 Å². The van der Waals surface area contributed by atoms with E-state index in [0.29, 0.717) is 0 Å². The molecule has 0 unspecified atom stereocenters. The van der Waals surface area contributed by atoms with Crippen molar-refractivity contribution in [3.8, 4) is 0 Å². The summed E-state index contributed by atoms with van der Waals surface area (Å²) in [5.74, 6) is 0. The minimum atomic E-state index is -1.12. The number of hydrogen-bond donors (Lipinski definition) is 0. The van der Waals surface area contributed by atoms with Gasteiger partial charge < -0.3 is 0 Å². The summed E-state index contributed by atoms with van der Waals surface area (Å²) in [5.41, 5.74) is 0. The standard InChI is InChI=1S/GeI4/c2-1(3,4)5. The van der Waals surface area contributed by atoms with E-state index in [1.54, 1.807) is 0 Å². The molecule has 32 valence electrons. The van der Waals surface area contributed by atoms with Gasteiger partial charge in [0.1, 0.15) is 0 Å². The Balaban J connectivity index is 3.02. The van der Waals surface area contributed by atoms with Crippen molar-refractivity contribution >= 4 is 80.9 Å². The molecule has 0 radical (unpaired) electrons. The van der Waals surface area contributed by atoms with Gasteiger partial charge in [0.2, 0.25) is 0 Å². The van der Waals surface area contributed by atoms with E-state index in [0.717, 1.165) is 0 Å². The van der Waals surface area contributed by atoms with E-state index in [-0.39, 0.29) is 0 Å². The van der Waals surface area contributed by atoms with Gasteiger partial charge in [0.15, 0.2) is 0 Å². The van der Waals surface area contributed by atoms with E-state index in [4.69, 9.17) is 0 Å². The average Bonchev–Trinajstić information content (AvgIpc) is 0.722. The molecule has 0 saturated carbocycles. The third-order valence-electron chi connectivity index (χ3n) is 0. The predicted octanol–water partition coefficient (Wildman–Crippen LogP) is 3.16. The molecule has 0 aliphatic heterocycles. The molecular formula is GeI4. The fraction of sp³-hybridized carbons (Fsp3) is 0. The number of hydrogen-bond acceptors (Lipinski definition) is 0. The normalized spacial score (nSPS) is 12.0. The second-order valence-electron chi connectivity index (χ2n) is 0.429. The van der Waals surface area contributed by atoms with Crippen LogP contribution in [0.15, 0.2) is 0 Å². The van der Waals surface area contributed by atoms with Crippen molar-refractivity contribution in [2.24, 2.45) is 0 Å². The minimum absolute atomic E-state index is 1.12. The Kier molecular flexibility index (Phi) is 5.89. The maximum atomic E-state index is 2.53. The summed E-state index contributed by atoms with van der Waals surface area (Å²) >= 11 is 10.1. The van der Waals surface area contributed by atoms with Gasteiger partial charge in [-0.05, 0) is 0 Å². The quantitative estimate of drug-likeness (QED) is 0.306. The van der Waals surface area contributed by atoms with Crippen molar-refractivity contribution in [3.05, 3.63) is 0 Å². The third kappa shape index (κ3) is 18.6. The summed E-state index contributed by atoms with van der Waals surface area (Å²) in [4.78, 5) is 0. The molecule has 0 amide bonds. The summed E-state index contributed by atoms with van der Waals surface area (Å²) in [6.45, 7) is 0. The molecule has 0 aliphatic rings. The third-order valence-corrected chi connectivity index (χ3v) is 0. The van der Waals surface area contributed by atoms with Gasteiger partial charge >= 0.3 is 80.9 Å². The van der Waals surface area contributed by atoms with E-state index in [1.807, 2.05) is 0 Å². The van der Waals surface area contributed by atoms with Crippen molar-refractivity contribution in [1.82, 2.24) is 0 Å². The molecule has 0 rings (SSSR count). The summed E-state index contributed by atoms with van der Waals surface area (Å²) < 4.78 is -1.12. The van der Waals surface area contributed by atoms with Crippen molar-refractivity contribution in [2.75, 3.05) is 0 Å². The molecule has 0 bridgehead atoms. The van der Waals surface area contributed by atoms with E-state index in [9.17, 15) is 0 Å². The van der Waals surface area contributed by atoms with Crippen molar-refractivity contribution in [2.45, 2.75) is 0 Å². The first-order valence-corrected chi connectivity index (χ1v) is 26.3. The van der Waals surface area contributed by atoms with Gasteiger partial charge in [-0.15, -0.1) is 0 Å². The number of halogens is 4. The van der Waals surface area contributed by atoms with Crippen LogP contribution in [0.3, 0.4) is 0 Å². The first-order chi connectivity index (χ1) is 2.00. The van der Waals surface area contributed by atoms with E-state index >= 15 is 0 Å².